The molecule has 7 heteroatoms. The minimum Gasteiger partial charge on any atom is -0.481 e. The normalized spacial score (nSPS) is 18.3. The molecule has 1 N–H and O–H groups in total. The van der Waals surface area contributed by atoms with Crippen molar-refractivity contribution in [2.24, 2.45) is 0 Å². The van der Waals surface area contributed by atoms with Gasteiger partial charge in [-0.1, -0.05) is 0 Å². The summed E-state index contributed by atoms with van der Waals surface area (Å²) in [6.45, 7) is 2.49. The second-order valence-electron chi connectivity index (χ2n) is 5.52. The fraction of sp³-hybridized carbons (Fsp3) is 0.375. The number of fused-ring (bicyclic) bond motifs is 1. The number of nitrogens with zero attached hydrogens (tertiary/aromatic N) is 1. The van der Waals surface area contributed by atoms with Crippen LogP contribution in [0.4, 0.5) is 4.39 Å². The highest BCUT2D eigenvalue weighted by Crippen LogP contribution is 2.28. The molecule has 1 aromatic heterocycles. The number of morpholine rings is 1. The molecule has 1 aliphatic heterocycles. The Hall–Kier alpha value is -2.41. The van der Waals surface area contributed by atoms with Gasteiger partial charge in [0.2, 0.25) is 0 Å². The molecule has 0 spiro atoms. The van der Waals surface area contributed by atoms with Crippen LogP contribution in [0, 0.1) is 12.7 Å². The van der Waals surface area contributed by atoms with Gasteiger partial charge in [-0.3, -0.25) is 9.59 Å². The van der Waals surface area contributed by atoms with Crippen molar-refractivity contribution in [2.75, 3.05) is 19.8 Å². The number of carbonyl (C=O) groups excluding carboxylic acids is 1. The molecule has 1 atom stereocenters. The number of amides is 1. The third-order valence-electron chi connectivity index (χ3n) is 3.99. The van der Waals surface area contributed by atoms with Crippen molar-refractivity contribution in [3.8, 4) is 0 Å². The SMILES string of the molecule is Cc1c(C(=O)N2CCOCC2CC(=O)O)oc2ccc(F)cc12. The first-order valence-electron chi connectivity index (χ1n) is 7.26. The van der Waals surface area contributed by atoms with Crippen LogP contribution in [0.15, 0.2) is 22.6 Å². The van der Waals surface area contributed by atoms with Gasteiger partial charge in [0.15, 0.2) is 5.76 Å². The van der Waals surface area contributed by atoms with E-state index in [0.29, 0.717) is 29.7 Å². The monoisotopic (exact) mass is 321 g/mol. The van der Waals surface area contributed by atoms with Crippen LogP contribution in [-0.2, 0) is 9.53 Å². The second kappa shape index (κ2) is 6.00. The van der Waals surface area contributed by atoms with Gasteiger partial charge in [-0.2, -0.15) is 0 Å². The van der Waals surface area contributed by atoms with E-state index < -0.39 is 23.7 Å². The number of rotatable bonds is 3. The number of aryl methyl sites for hydroxylation is 1. The van der Waals surface area contributed by atoms with Crippen molar-refractivity contribution < 1.29 is 28.2 Å². The lowest BCUT2D eigenvalue weighted by Crippen LogP contribution is -2.49. The maximum atomic E-state index is 13.4. The molecule has 23 heavy (non-hydrogen) atoms. The number of carbonyl (C=O) groups is 2. The summed E-state index contributed by atoms with van der Waals surface area (Å²) in [7, 11) is 0. The van der Waals surface area contributed by atoms with E-state index in [1.807, 2.05) is 0 Å². The van der Waals surface area contributed by atoms with E-state index in [0.717, 1.165) is 0 Å². The number of carboxylic acid groups (broad SMARTS) is 1. The van der Waals surface area contributed by atoms with Gasteiger partial charge >= 0.3 is 5.97 Å². The van der Waals surface area contributed by atoms with E-state index in [2.05, 4.69) is 0 Å². The van der Waals surface area contributed by atoms with Crippen LogP contribution in [0.3, 0.4) is 0 Å². The molecule has 1 amide bonds. The van der Waals surface area contributed by atoms with Crippen molar-refractivity contribution in [3.63, 3.8) is 0 Å². The molecular weight excluding hydrogens is 305 g/mol. The van der Waals surface area contributed by atoms with Crippen LogP contribution >= 0.6 is 0 Å². The number of benzene rings is 1. The van der Waals surface area contributed by atoms with E-state index in [1.54, 1.807) is 6.92 Å². The van der Waals surface area contributed by atoms with Crippen LogP contribution in [0.2, 0.25) is 0 Å². The van der Waals surface area contributed by atoms with Gasteiger partial charge in [0.25, 0.3) is 5.91 Å². The predicted octanol–water partition coefficient (Wildman–Crippen LogP) is 2.20. The summed E-state index contributed by atoms with van der Waals surface area (Å²) in [6.07, 6.45) is -0.195. The minimum atomic E-state index is -0.998. The van der Waals surface area contributed by atoms with Crippen LogP contribution in [0.25, 0.3) is 11.0 Å². The summed E-state index contributed by atoms with van der Waals surface area (Å²) in [5.74, 6) is -1.69. The van der Waals surface area contributed by atoms with Gasteiger partial charge in [-0.05, 0) is 25.1 Å². The summed E-state index contributed by atoms with van der Waals surface area (Å²) in [5, 5.41) is 9.52. The molecule has 2 aromatic rings. The Morgan fingerprint density at radius 3 is 2.96 bits per heavy atom. The van der Waals surface area contributed by atoms with Gasteiger partial charge < -0.3 is 19.2 Å². The third-order valence-corrected chi connectivity index (χ3v) is 3.99. The minimum absolute atomic E-state index is 0.114. The molecule has 1 unspecified atom stereocenters. The Morgan fingerprint density at radius 1 is 1.43 bits per heavy atom. The number of aliphatic carboxylic acids is 1. The molecular formula is C16H16FNO5. The molecule has 6 nitrogen and oxygen atoms in total. The lowest BCUT2D eigenvalue weighted by Gasteiger charge is -2.34. The Labute approximate surface area is 131 Å². The Balaban J connectivity index is 1.95. The Morgan fingerprint density at radius 2 is 2.22 bits per heavy atom. The summed E-state index contributed by atoms with van der Waals surface area (Å²) < 4.78 is 24.2. The highest BCUT2D eigenvalue weighted by molar-refractivity contribution is 5.99. The molecule has 3 rings (SSSR count). The molecule has 1 saturated heterocycles. The van der Waals surface area contributed by atoms with Gasteiger partial charge in [0.05, 0.1) is 25.7 Å². The average molecular weight is 321 g/mol. The molecule has 0 radical (unpaired) electrons. The number of furan rings is 1. The molecule has 1 fully saturated rings. The van der Waals surface area contributed by atoms with Gasteiger partial charge in [-0.15, -0.1) is 0 Å². The number of ether oxygens (including phenoxy) is 1. The van der Waals surface area contributed by atoms with Crippen molar-refractivity contribution in [1.82, 2.24) is 4.90 Å². The number of halogens is 1. The molecule has 1 aromatic carbocycles. The van der Waals surface area contributed by atoms with E-state index in [-0.39, 0.29) is 18.8 Å². The summed E-state index contributed by atoms with van der Waals surface area (Å²) in [6, 6.07) is 3.52. The van der Waals surface area contributed by atoms with E-state index >= 15 is 0 Å². The van der Waals surface area contributed by atoms with E-state index in [9.17, 15) is 14.0 Å². The fourth-order valence-electron chi connectivity index (χ4n) is 2.82. The molecule has 122 valence electrons. The van der Waals surface area contributed by atoms with Crippen LogP contribution in [-0.4, -0.2) is 47.7 Å². The molecule has 0 saturated carbocycles. The first-order chi connectivity index (χ1) is 11.0. The summed E-state index contributed by atoms with van der Waals surface area (Å²) in [4.78, 5) is 25.2. The van der Waals surface area contributed by atoms with Crippen molar-refractivity contribution in [1.29, 1.82) is 0 Å². The molecule has 2 heterocycles. The van der Waals surface area contributed by atoms with E-state index in [4.69, 9.17) is 14.3 Å². The van der Waals surface area contributed by atoms with Gasteiger partial charge in [-0.25, -0.2) is 4.39 Å². The van der Waals surface area contributed by atoms with Gasteiger partial charge in [0.1, 0.15) is 11.4 Å². The number of hydrogen-bond acceptors (Lipinski definition) is 4. The van der Waals surface area contributed by atoms with Crippen molar-refractivity contribution in [2.45, 2.75) is 19.4 Å². The predicted molar refractivity (Wildman–Crippen MR) is 78.8 cm³/mol. The zero-order valence-electron chi connectivity index (χ0n) is 12.5. The maximum Gasteiger partial charge on any atom is 0.305 e. The quantitative estimate of drug-likeness (QED) is 0.937. The van der Waals surface area contributed by atoms with Crippen molar-refractivity contribution in [3.05, 3.63) is 35.3 Å². The Kier molecular flexibility index (Phi) is 4.04. The first kappa shape index (κ1) is 15.5. The highest BCUT2D eigenvalue weighted by Gasteiger charge is 2.32. The smallest absolute Gasteiger partial charge is 0.305 e. The molecule has 1 aliphatic rings. The largest absolute Gasteiger partial charge is 0.481 e. The van der Waals surface area contributed by atoms with Crippen molar-refractivity contribution >= 4 is 22.8 Å². The van der Waals surface area contributed by atoms with Crippen LogP contribution < -0.4 is 0 Å². The number of carboxylic acids is 1. The molecule has 0 aliphatic carbocycles. The molecule has 0 bridgehead atoms. The zero-order valence-corrected chi connectivity index (χ0v) is 12.5. The number of hydrogen-bond donors (Lipinski definition) is 1. The van der Waals surface area contributed by atoms with Crippen LogP contribution in [0.1, 0.15) is 22.5 Å². The Bertz CT molecular complexity index is 769. The van der Waals surface area contributed by atoms with E-state index in [1.165, 1.54) is 23.1 Å². The lowest BCUT2D eigenvalue weighted by molar-refractivity contribution is -0.139. The van der Waals surface area contributed by atoms with Crippen LogP contribution in [0.5, 0.6) is 0 Å². The average Bonchev–Trinajstić information content (AvgIpc) is 2.83. The lowest BCUT2D eigenvalue weighted by atomic mass is 10.1. The first-order valence-corrected chi connectivity index (χ1v) is 7.26. The standard InChI is InChI=1S/C16H16FNO5/c1-9-12-6-10(17)2-3-13(12)23-15(9)16(21)18-4-5-22-8-11(18)7-14(19)20/h2-3,6,11H,4-5,7-8H2,1H3,(H,19,20). The summed E-state index contributed by atoms with van der Waals surface area (Å²) in [5.41, 5.74) is 0.973. The zero-order chi connectivity index (χ0) is 16.6. The summed E-state index contributed by atoms with van der Waals surface area (Å²) >= 11 is 0. The second-order valence-corrected chi connectivity index (χ2v) is 5.52. The topological polar surface area (TPSA) is 80.0 Å². The highest BCUT2D eigenvalue weighted by atomic mass is 19.1. The maximum absolute atomic E-state index is 13.4. The fourth-order valence-corrected chi connectivity index (χ4v) is 2.82. The van der Waals surface area contributed by atoms with Gasteiger partial charge in [0, 0.05) is 17.5 Å². The third kappa shape index (κ3) is 2.92.